The van der Waals surface area contributed by atoms with Gasteiger partial charge in [0.2, 0.25) is 0 Å². The molecule has 0 aromatic carbocycles. The van der Waals surface area contributed by atoms with Crippen LogP contribution < -0.4 is 18.9 Å². The van der Waals surface area contributed by atoms with Crippen molar-refractivity contribution in [1.29, 1.82) is 0 Å². The van der Waals surface area contributed by atoms with Gasteiger partial charge in [0.15, 0.2) is 8.32 Å². The monoisotopic (exact) mass is 206 g/mol. The quantitative estimate of drug-likeness (QED) is 0.461. The molecule has 0 unspecified atom stereocenters. The first kappa shape index (κ1) is 16.9. The van der Waals surface area contributed by atoms with Gasteiger partial charge in [-0.3, -0.25) is 0 Å². The van der Waals surface area contributed by atoms with Crippen LogP contribution in [-0.4, -0.2) is 13.9 Å². The molecule has 78 valence electrons. The maximum atomic E-state index is 6.18. The van der Waals surface area contributed by atoms with E-state index in [0.29, 0.717) is 0 Å². The summed E-state index contributed by atoms with van der Waals surface area (Å²) in [6, 6.07) is 3.53. The number of hydrogen-bond acceptors (Lipinski definition) is 1. The van der Waals surface area contributed by atoms with Crippen molar-refractivity contribution >= 4 is 8.32 Å². The zero-order chi connectivity index (χ0) is 10.5. The van der Waals surface area contributed by atoms with Crippen LogP contribution in [0, 0.1) is 6.58 Å². The van der Waals surface area contributed by atoms with E-state index in [2.05, 4.69) is 20.8 Å². The number of hydrogen-bond donors (Lipinski definition) is 0. The van der Waals surface area contributed by atoms with Crippen molar-refractivity contribution in [1.82, 2.24) is 0 Å². The van der Waals surface area contributed by atoms with Crippen molar-refractivity contribution in [2.24, 2.45) is 0 Å². The second kappa shape index (κ2) is 6.90. The molecule has 0 bridgehead atoms. The van der Waals surface area contributed by atoms with Gasteiger partial charge >= 0.3 is 18.9 Å². The molecular formula is C11H23LiOSi. The smallest absolute Gasteiger partial charge is 0.515 e. The molecule has 0 aliphatic carbocycles. The molecule has 0 fully saturated rings. The van der Waals surface area contributed by atoms with E-state index in [1.807, 2.05) is 13.8 Å². The Labute approximate surface area is 103 Å². The van der Waals surface area contributed by atoms with E-state index in [-0.39, 0.29) is 24.5 Å². The summed E-state index contributed by atoms with van der Waals surface area (Å²) < 4.78 is 6.18. The molecule has 0 aromatic rings. The molecular weight excluding hydrogens is 183 g/mol. The largest absolute Gasteiger partial charge is 1.00 e. The van der Waals surface area contributed by atoms with Crippen molar-refractivity contribution in [2.45, 2.75) is 58.4 Å². The summed E-state index contributed by atoms with van der Waals surface area (Å²) in [4.78, 5) is 0. The van der Waals surface area contributed by atoms with Crippen LogP contribution in [0.3, 0.4) is 0 Å². The van der Waals surface area contributed by atoms with Crippen LogP contribution in [-0.2, 0) is 4.43 Å². The van der Waals surface area contributed by atoms with Crippen molar-refractivity contribution in [3.05, 3.63) is 12.7 Å². The molecule has 3 heteroatoms. The van der Waals surface area contributed by atoms with Crippen LogP contribution >= 0.6 is 0 Å². The summed E-state index contributed by atoms with van der Waals surface area (Å²) in [7, 11) is -1.49. The molecule has 0 radical (unpaired) electrons. The molecule has 1 nitrogen and oxygen atoms in total. The van der Waals surface area contributed by atoms with Crippen molar-refractivity contribution < 1.29 is 23.3 Å². The summed E-state index contributed by atoms with van der Waals surface area (Å²) in [5.74, 6) is 0. The molecule has 0 aliphatic heterocycles. The Kier molecular flexibility index (Phi) is 8.34. The molecule has 0 amide bonds. The Morgan fingerprint density at radius 2 is 1.50 bits per heavy atom. The van der Waals surface area contributed by atoms with E-state index in [1.165, 1.54) is 18.1 Å². The minimum atomic E-state index is -1.49. The molecule has 0 saturated carbocycles. The molecule has 0 aromatic heterocycles. The molecule has 0 heterocycles. The van der Waals surface area contributed by atoms with Gasteiger partial charge in [0.1, 0.15) is 0 Å². The van der Waals surface area contributed by atoms with E-state index < -0.39 is 8.32 Å². The SMILES string of the molecule is [CH-]=CC(C)(C)O[Si](CC)(CC)CC.[Li+]. The van der Waals surface area contributed by atoms with Crippen molar-refractivity contribution in [3.63, 3.8) is 0 Å². The van der Waals surface area contributed by atoms with Crippen LogP contribution in [0.5, 0.6) is 0 Å². The van der Waals surface area contributed by atoms with Gasteiger partial charge in [-0.15, -0.1) is 0 Å². The summed E-state index contributed by atoms with van der Waals surface area (Å²) in [6.45, 7) is 16.3. The molecule has 0 aliphatic rings. The minimum Gasteiger partial charge on any atom is -0.515 e. The first-order valence-corrected chi connectivity index (χ1v) is 7.74. The van der Waals surface area contributed by atoms with Crippen LogP contribution in [0.1, 0.15) is 34.6 Å². The molecule has 0 spiro atoms. The minimum absolute atomic E-state index is 0. The summed E-state index contributed by atoms with van der Waals surface area (Å²) in [5, 5.41) is 0. The maximum Gasteiger partial charge on any atom is 1.00 e. The van der Waals surface area contributed by atoms with Gasteiger partial charge in [0, 0.05) is 5.60 Å². The molecule has 0 saturated heterocycles. The number of rotatable bonds is 6. The third-order valence-corrected chi connectivity index (χ3v) is 7.64. The van der Waals surface area contributed by atoms with E-state index in [9.17, 15) is 0 Å². The fourth-order valence-corrected chi connectivity index (χ4v) is 4.68. The fraction of sp³-hybridized carbons (Fsp3) is 0.818. The van der Waals surface area contributed by atoms with Gasteiger partial charge in [-0.1, -0.05) is 20.8 Å². The van der Waals surface area contributed by atoms with Gasteiger partial charge in [-0.25, -0.2) is 6.08 Å². The second-order valence-electron chi connectivity index (χ2n) is 4.12. The molecule has 0 N–H and O–H groups in total. The summed E-state index contributed by atoms with van der Waals surface area (Å²) >= 11 is 0. The van der Waals surface area contributed by atoms with E-state index in [0.717, 1.165) is 0 Å². The van der Waals surface area contributed by atoms with Gasteiger partial charge < -0.3 is 11.0 Å². The Balaban J connectivity index is 0. The Hall–Kier alpha value is 0.514. The Morgan fingerprint density at radius 3 is 1.71 bits per heavy atom. The zero-order valence-corrected chi connectivity index (χ0v) is 11.7. The van der Waals surface area contributed by atoms with Gasteiger partial charge in [-0.2, -0.15) is 0 Å². The first-order chi connectivity index (χ1) is 5.95. The predicted octanol–water partition coefficient (Wildman–Crippen LogP) is 0.780. The predicted molar refractivity (Wildman–Crippen MR) is 61.2 cm³/mol. The van der Waals surface area contributed by atoms with Gasteiger partial charge in [-0.05, 0) is 32.0 Å². The third kappa shape index (κ3) is 4.84. The van der Waals surface area contributed by atoms with Crippen LogP contribution in [0.15, 0.2) is 6.08 Å². The van der Waals surface area contributed by atoms with Crippen molar-refractivity contribution in [2.75, 3.05) is 0 Å². The maximum absolute atomic E-state index is 6.18. The average molecular weight is 206 g/mol. The first-order valence-electron chi connectivity index (χ1n) is 5.21. The van der Waals surface area contributed by atoms with E-state index in [4.69, 9.17) is 11.0 Å². The topological polar surface area (TPSA) is 9.23 Å². The van der Waals surface area contributed by atoms with Crippen molar-refractivity contribution in [3.8, 4) is 0 Å². The summed E-state index contributed by atoms with van der Waals surface area (Å²) in [6.07, 6.45) is 1.66. The Bertz CT molecular complexity index is 156. The van der Waals surface area contributed by atoms with Crippen LogP contribution in [0.25, 0.3) is 0 Å². The normalized spacial score (nSPS) is 12.1. The van der Waals surface area contributed by atoms with E-state index >= 15 is 0 Å². The van der Waals surface area contributed by atoms with Crippen LogP contribution in [0.2, 0.25) is 18.1 Å². The second-order valence-corrected chi connectivity index (χ2v) is 8.81. The molecule has 14 heavy (non-hydrogen) atoms. The zero-order valence-electron chi connectivity index (χ0n) is 10.7. The molecule has 0 atom stereocenters. The fourth-order valence-electron chi connectivity index (χ4n) is 1.56. The van der Waals surface area contributed by atoms with Gasteiger partial charge in [0.25, 0.3) is 0 Å². The average Bonchev–Trinajstić information content (AvgIpc) is 2.14. The molecule has 0 rings (SSSR count). The van der Waals surface area contributed by atoms with Crippen LogP contribution in [0.4, 0.5) is 0 Å². The van der Waals surface area contributed by atoms with E-state index in [1.54, 1.807) is 6.08 Å². The van der Waals surface area contributed by atoms with Gasteiger partial charge in [0.05, 0.1) is 0 Å². The Morgan fingerprint density at radius 1 is 1.14 bits per heavy atom. The standard InChI is InChI=1S/C11H23OSi.Li/c1-7-11(5,6)12-13(8-2,9-3)10-4;/h1,7H,8-10H2,2-6H3;/q-1;+1. The summed E-state index contributed by atoms with van der Waals surface area (Å²) in [5.41, 5.74) is -0.256. The third-order valence-electron chi connectivity index (χ3n) is 2.81.